The molecule has 286 valence electrons. The van der Waals surface area contributed by atoms with Gasteiger partial charge in [-0.15, -0.1) is 0 Å². The van der Waals surface area contributed by atoms with Gasteiger partial charge in [-0.25, -0.2) is 0 Å². The van der Waals surface area contributed by atoms with Crippen LogP contribution >= 0.6 is 0 Å². The number of para-hydroxylation sites is 5. The van der Waals surface area contributed by atoms with E-state index >= 15 is 0 Å². The molecule has 12 aromatic rings. The first-order valence-corrected chi connectivity index (χ1v) is 20.8. The highest BCUT2D eigenvalue weighted by molar-refractivity contribution is 6.14. The summed E-state index contributed by atoms with van der Waals surface area (Å²) in [5.41, 5.74) is 15.8. The average molecular weight is 780 g/mol. The van der Waals surface area contributed by atoms with Crippen molar-refractivity contribution in [1.29, 1.82) is 0 Å². The van der Waals surface area contributed by atoms with Crippen molar-refractivity contribution >= 4 is 71.7 Å². The molecule has 0 spiro atoms. The Balaban J connectivity index is 1.09. The summed E-state index contributed by atoms with van der Waals surface area (Å²) in [6.07, 6.45) is 0. The molecule has 10 aromatic carbocycles. The molecule has 0 aliphatic rings. The van der Waals surface area contributed by atoms with Gasteiger partial charge < -0.3 is 13.7 Å². The predicted octanol–water partition coefficient (Wildman–Crippen LogP) is 16.8. The lowest BCUT2D eigenvalue weighted by Crippen LogP contribution is -2.12. The van der Waals surface area contributed by atoms with Crippen LogP contribution in [0.1, 0.15) is 0 Å². The van der Waals surface area contributed by atoms with Crippen molar-refractivity contribution in [3.63, 3.8) is 0 Å². The summed E-state index contributed by atoms with van der Waals surface area (Å²) in [6, 6.07) is 80.0. The predicted molar refractivity (Wildman–Crippen MR) is 255 cm³/mol. The molecule has 0 saturated carbocycles. The summed E-state index contributed by atoms with van der Waals surface area (Å²) in [5.74, 6) is 0. The van der Waals surface area contributed by atoms with Crippen molar-refractivity contribution in [2.45, 2.75) is 0 Å². The molecule has 0 aliphatic carbocycles. The maximum absolute atomic E-state index is 6.50. The van der Waals surface area contributed by atoms with Gasteiger partial charge in [0.15, 0.2) is 0 Å². The van der Waals surface area contributed by atoms with Gasteiger partial charge in [-0.3, -0.25) is 0 Å². The summed E-state index contributed by atoms with van der Waals surface area (Å²) in [5, 5.41) is 6.90. The van der Waals surface area contributed by atoms with E-state index in [1.165, 1.54) is 21.9 Å². The van der Waals surface area contributed by atoms with Gasteiger partial charge in [-0.1, -0.05) is 182 Å². The minimum Gasteiger partial charge on any atom is -0.456 e. The topological polar surface area (TPSA) is 29.5 Å². The van der Waals surface area contributed by atoms with Gasteiger partial charge in [0.1, 0.15) is 22.3 Å². The first-order chi connectivity index (χ1) is 30.3. The highest BCUT2D eigenvalue weighted by atomic mass is 16.3. The molecule has 0 unspecified atom stereocenters. The quantitative estimate of drug-likeness (QED) is 0.161. The molecular weight excluding hydrogens is 743 g/mol. The molecule has 3 heteroatoms. The van der Waals surface area contributed by atoms with E-state index in [0.717, 1.165) is 94.3 Å². The Morgan fingerprint density at radius 2 is 0.754 bits per heavy atom. The Hall–Kier alpha value is -8.14. The fourth-order valence-corrected chi connectivity index (χ4v) is 9.38. The molecule has 61 heavy (non-hydrogen) atoms. The first kappa shape index (κ1) is 34.9. The van der Waals surface area contributed by atoms with E-state index in [9.17, 15) is 0 Å². The number of benzene rings is 10. The van der Waals surface area contributed by atoms with Crippen LogP contribution in [-0.2, 0) is 0 Å². The third kappa shape index (κ3) is 5.74. The lowest BCUT2D eigenvalue weighted by Gasteiger charge is -2.30. The number of nitrogens with zero attached hydrogens (tertiary/aromatic N) is 1. The van der Waals surface area contributed by atoms with Crippen molar-refractivity contribution in [3.05, 3.63) is 224 Å². The normalized spacial score (nSPS) is 11.6. The molecule has 0 atom stereocenters. The van der Waals surface area contributed by atoms with Crippen LogP contribution in [0.5, 0.6) is 0 Å². The van der Waals surface area contributed by atoms with Crippen LogP contribution < -0.4 is 4.90 Å². The zero-order chi connectivity index (χ0) is 40.3. The van der Waals surface area contributed by atoms with Gasteiger partial charge in [-0.05, 0) is 81.1 Å². The highest BCUT2D eigenvalue weighted by Gasteiger charge is 2.24. The molecule has 0 saturated heterocycles. The van der Waals surface area contributed by atoms with Crippen molar-refractivity contribution in [2.24, 2.45) is 0 Å². The molecule has 2 aromatic heterocycles. The zero-order valence-corrected chi connectivity index (χ0v) is 33.1. The van der Waals surface area contributed by atoms with Crippen LogP contribution in [0.25, 0.3) is 99.2 Å². The minimum absolute atomic E-state index is 0.869. The van der Waals surface area contributed by atoms with Gasteiger partial charge in [0.2, 0.25) is 0 Å². The van der Waals surface area contributed by atoms with E-state index in [1.807, 2.05) is 24.3 Å². The molecule has 12 rings (SSSR count). The number of anilines is 3. The van der Waals surface area contributed by atoms with E-state index in [2.05, 4.69) is 205 Å². The third-order valence-electron chi connectivity index (χ3n) is 12.1. The molecule has 0 bridgehead atoms. The van der Waals surface area contributed by atoms with Crippen molar-refractivity contribution in [1.82, 2.24) is 0 Å². The Morgan fingerprint density at radius 1 is 0.279 bits per heavy atom. The Bertz CT molecular complexity index is 3600. The molecule has 0 N–H and O–H groups in total. The van der Waals surface area contributed by atoms with E-state index in [-0.39, 0.29) is 0 Å². The van der Waals surface area contributed by atoms with E-state index in [0.29, 0.717) is 0 Å². The fourth-order valence-electron chi connectivity index (χ4n) is 9.38. The largest absolute Gasteiger partial charge is 0.456 e. The molecule has 0 radical (unpaired) electrons. The molecule has 0 aliphatic heterocycles. The summed E-state index contributed by atoms with van der Waals surface area (Å²) >= 11 is 0. The number of furan rings is 2. The number of rotatable bonds is 7. The third-order valence-corrected chi connectivity index (χ3v) is 12.1. The second-order valence-electron chi connectivity index (χ2n) is 15.5. The minimum atomic E-state index is 0.869. The van der Waals surface area contributed by atoms with Crippen LogP contribution in [0.4, 0.5) is 17.1 Å². The van der Waals surface area contributed by atoms with Crippen molar-refractivity contribution in [2.75, 3.05) is 4.90 Å². The van der Waals surface area contributed by atoms with Crippen molar-refractivity contribution < 1.29 is 8.83 Å². The fraction of sp³-hybridized carbons (Fsp3) is 0. The second-order valence-corrected chi connectivity index (χ2v) is 15.5. The average Bonchev–Trinajstić information content (AvgIpc) is 3.91. The standard InChI is InChI=1S/C58H37NO2/c1-2-18-41-38(16-1)17-13-26-43(41)44-19-3-4-20-45(44)46-21-5-9-29-52(46)59(40-36-34-39(35-37-40)42-25-14-28-50-48-23-7-11-31-54(48)61-58(42)50)53-30-10-6-22-47(53)49-27-15-33-56-57(49)51-24-8-12-32-55(51)60-56/h1-37H. The van der Waals surface area contributed by atoms with Crippen LogP contribution in [0.2, 0.25) is 0 Å². The molecule has 2 heterocycles. The summed E-state index contributed by atoms with van der Waals surface area (Å²) in [6.45, 7) is 0. The Labute approximate surface area is 353 Å². The van der Waals surface area contributed by atoms with Crippen LogP contribution in [0.15, 0.2) is 233 Å². The highest BCUT2D eigenvalue weighted by Crippen LogP contribution is 2.49. The SMILES string of the molecule is c1ccc(-c2cccc3ccccc23)c(-c2ccccc2N(c2ccc(-c3cccc4c3oc3ccccc34)cc2)c2ccccc2-c2cccc3oc4ccccc4c23)c1. The Morgan fingerprint density at radius 3 is 1.52 bits per heavy atom. The number of hydrogen-bond acceptors (Lipinski definition) is 3. The first-order valence-electron chi connectivity index (χ1n) is 20.8. The number of fused-ring (bicyclic) bond motifs is 7. The maximum Gasteiger partial charge on any atom is 0.143 e. The van der Waals surface area contributed by atoms with E-state index in [1.54, 1.807) is 0 Å². The summed E-state index contributed by atoms with van der Waals surface area (Å²) < 4.78 is 12.9. The van der Waals surface area contributed by atoms with Crippen molar-refractivity contribution in [3.8, 4) is 44.5 Å². The maximum atomic E-state index is 6.50. The van der Waals surface area contributed by atoms with Gasteiger partial charge >= 0.3 is 0 Å². The van der Waals surface area contributed by atoms with Gasteiger partial charge in [-0.2, -0.15) is 0 Å². The Kier molecular flexibility index (Phi) is 8.17. The summed E-state index contributed by atoms with van der Waals surface area (Å²) in [7, 11) is 0. The monoisotopic (exact) mass is 779 g/mol. The van der Waals surface area contributed by atoms with E-state index in [4.69, 9.17) is 8.83 Å². The summed E-state index contributed by atoms with van der Waals surface area (Å²) in [4.78, 5) is 2.43. The lowest BCUT2D eigenvalue weighted by atomic mass is 9.90. The molecular formula is C58H37NO2. The zero-order valence-electron chi connectivity index (χ0n) is 33.1. The van der Waals surface area contributed by atoms with Gasteiger partial charge in [0.05, 0.1) is 11.4 Å². The van der Waals surface area contributed by atoms with Gasteiger partial charge in [0, 0.05) is 43.9 Å². The van der Waals surface area contributed by atoms with Crippen LogP contribution in [0.3, 0.4) is 0 Å². The smallest absolute Gasteiger partial charge is 0.143 e. The molecule has 0 amide bonds. The number of hydrogen-bond donors (Lipinski definition) is 0. The van der Waals surface area contributed by atoms with Crippen LogP contribution in [0, 0.1) is 0 Å². The molecule has 0 fully saturated rings. The van der Waals surface area contributed by atoms with E-state index < -0.39 is 0 Å². The molecule has 3 nitrogen and oxygen atoms in total. The second kappa shape index (κ2) is 14.3. The van der Waals surface area contributed by atoms with Crippen LogP contribution in [-0.4, -0.2) is 0 Å². The van der Waals surface area contributed by atoms with Gasteiger partial charge in [0.25, 0.3) is 0 Å². The lowest BCUT2D eigenvalue weighted by molar-refractivity contribution is 0.669.